The topological polar surface area (TPSA) is 7.76 Å². The van der Waals surface area contributed by atoms with E-state index in [0.717, 1.165) is 0 Å². The van der Waals surface area contributed by atoms with Gasteiger partial charge in [-0.3, -0.25) is 0 Å². The Kier molecular flexibility index (Phi) is 3.81. The molecule has 1 atom stereocenters. The largest absolute Gasteiger partial charge is 0.418 e. The van der Waals surface area contributed by atoms with Crippen molar-refractivity contribution in [2.75, 3.05) is 0 Å². The Bertz CT molecular complexity index is 2450. The zero-order valence-electron chi connectivity index (χ0n) is 25.0. The van der Waals surface area contributed by atoms with E-state index in [4.69, 9.17) is 0 Å². The minimum atomic E-state index is -0.516. The zero-order chi connectivity index (χ0) is 29.2. The van der Waals surface area contributed by atoms with Gasteiger partial charge in [0.2, 0.25) is 11.2 Å². The predicted molar refractivity (Wildman–Crippen MR) is 175 cm³/mol. The van der Waals surface area contributed by atoms with Crippen LogP contribution in [0.3, 0.4) is 0 Å². The molecule has 5 aromatic carbocycles. The van der Waals surface area contributed by atoms with Crippen molar-refractivity contribution < 1.29 is 9.13 Å². The van der Waals surface area contributed by atoms with E-state index in [0.29, 0.717) is 0 Å². The zero-order valence-corrected chi connectivity index (χ0v) is 25.0. The Morgan fingerprint density at radius 1 is 0.523 bits per heavy atom. The van der Waals surface area contributed by atoms with Crippen molar-refractivity contribution in [3.8, 4) is 22.4 Å². The fourth-order valence-electron chi connectivity index (χ4n) is 9.84. The fourth-order valence-corrected chi connectivity index (χ4v) is 9.84. The van der Waals surface area contributed by atoms with Crippen LogP contribution in [0.4, 0.5) is 0 Å². The van der Waals surface area contributed by atoms with Crippen LogP contribution in [0.1, 0.15) is 59.7 Å². The molecule has 2 spiro atoms. The highest BCUT2D eigenvalue weighted by molar-refractivity contribution is 6.09. The highest BCUT2D eigenvalue weighted by Gasteiger charge is 2.73. The number of fused-ring (bicyclic) bond motifs is 9. The van der Waals surface area contributed by atoms with Crippen molar-refractivity contribution in [1.29, 1.82) is 0 Å². The third-order valence-electron chi connectivity index (χ3n) is 11.2. The molecule has 0 amide bonds. The second-order valence-corrected chi connectivity index (χ2v) is 14.1. The molecule has 2 aromatic heterocycles. The summed E-state index contributed by atoms with van der Waals surface area (Å²) in [5, 5.41) is 3.99. The molecule has 7 aromatic rings. The monoisotopic (exact) mass is 562 g/mol. The molecular formula is C42H30N2+2. The summed E-state index contributed by atoms with van der Waals surface area (Å²) in [6.45, 7) is 7.10. The molecule has 2 nitrogen and oxygen atoms in total. The molecule has 2 aliphatic heterocycles. The van der Waals surface area contributed by atoms with E-state index in [2.05, 4.69) is 158 Å². The van der Waals surface area contributed by atoms with Crippen molar-refractivity contribution in [3.05, 3.63) is 167 Å². The molecule has 0 fully saturated rings. The second kappa shape index (κ2) is 7.17. The van der Waals surface area contributed by atoms with Crippen LogP contribution >= 0.6 is 0 Å². The number of benzene rings is 5. The van der Waals surface area contributed by atoms with E-state index in [1.807, 2.05) is 0 Å². The van der Waals surface area contributed by atoms with Crippen LogP contribution in [-0.2, 0) is 16.5 Å². The standard InChI is InChI=1S/C42H30N2/c1-40(2,3)31-21-22-33-38-36(31)34-16-8-9-23-43(34)42(38)37-32(20-19-25-17-18-26-11-10-24-44(42)39(26)35(25)37)41(33)29-14-6-4-12-27(29)28-13-5-7-15-30(28)41/h4-24H,1-3H3/q+2. The molecule has 0 bridgehead atoms. The van der Waals surface area contributed by atoms with Gasteiger partial charge in [-0.1, -0.05) is 99.6 Å². The lowest BCUT2D eigenvalue weighted by molar-refractivity contribution is -0.950. The van der Waals surface area contributed by atoms with E-state index >= 15 is 0 Å². The molecule has 0 saturated heterocycles. The van der Waals surface area contributed by atoms with Crippen LogP contribution in [0, 0.1) is 0 Å². The van der Waals surface area contributed by atoms with Crippen LogP contribution in [0.5, 0.6) is 0 Å². The van der Waals surface area contributed by atoms with Crippen molar-refractivity contribution in [2.24, 2.45) is 0 Å². The van der Waals surface area contributed by atoms with Gasteiger partial charge in [0.05, 0.1) is 16.4 Å². The molecule has 4 heterocycles. The van der Waals surface area contributed by atoms with Crippen LogP contribution in [0.2, 0.25) is 0 Å². The van der Waals surface area contributed by atoms with Gasteiger partial charge in [0.1, 0.15) is 11.1 Å². The first-order valence-corrected chi connectivity index (χ1v) is 15.8. The van der Waals surface area contributed by atoms with Gasteiger partial charge < -0.3 is 0 Å². The van der Waals surface area contributed by atoms with Crippen molar-refractivity contribution in [2.45, 2.75) is 37.3 Å². The fraction of sp³-hybridized carbons (Fsp3) is 0.143. The van der Waals surface area contributed by atoms with E-state index in [9.17, 15) is 0 Å². The van der Waals surface area contributed by atoms with Crippen molar-refractivity contribution in [1.82, 2.24) is 0 Å². The average Bonchev–Trinajstić information content (AvgIpc) is 3.65. The third kappa shape index (κ3) is 2.21. The number of hydrogen-bond donors (Lipinski definition) is 0. The molecule has 4 aliphatic rings. The molecule has 0 saturated carbocycles. The molecule has 1 unspecified atom stereocenters. The lowest BCUT2D eigenvalue weighted by Gasteiger charge is -2.41. The van der Waals surface area contributed by atoms with Gasteiger partial charge in [0.15, 0.2) is 12.4 Å². The SMILES string of the molecule is CC(C)(C)c1ccc2c3c1-c1cccc[n+]1C31c3c(ccc4ccc5ccc[n+]1c5c34)C21c2ccccc2-c2ccccc21. The van der Waals surface area contributed by atoms with Gasteiger partial charge in [0, 0.05) is 23.6 Å². The maximum Gasteiger partial charge on any atom is 0.418 e. The van der Waals surface area contributed by atoms with Crippen LogP contribution < -0.4 is 9.13 Å². The molecular weight excluding hydrogens is 532 g/mol. The quantitative estimate of drug-likeness (QED) is 0.130. The van der Waals surface area contributed by atoms with E-state index < -0.39 is 11.1 Å². The van der Waals surface area contributed by atoms with E-state index in [1.54, 1.807) is 0 Å². The third-order valence-corrected chi connectivity index (χ3v) is 11.2. The summed E-state index contributed by atoms with van der Waals surface area (Å²) in [6, 6.07) is 44.1. The summed E-state index contributed by atoms with van der Waals surface area (Å²) in [5.41, 5.74) is 15.6. The van der Waals surface area contributed by atoms with Gasteiger partial charge in [-0.15, -0.1) is 9.13 Å². The normalized spacial score (nSPS) is 18.6. The second-order valence-electron chi connectivity index (χ2n) is 14.1. The number of aromatic nitrogens is 2. The molecule has 0 N–H and O–H groups in total. The molecule has 2 heteroatoms. The summed E-state index contributed by atoms with van der Waals surface area (Å²) < 4.78 is 5.22. The number of pyridine rings is 2. The molecule has 0 radical (unpaired) electrons. The molecule has 206 valence electrons. The Labute approximate surface area is 256 Å². The van der Waals surface area contributed by atoms with Gasteiger partial charge in [0.25, 0.3) is 0 Å². The van der Waals surface area contributed by atoms with E-state index in [-0.39, 0.29) is 5.41 Å². The molecule has 2 aliphatic carbocycles. The van der Waals surface area contributed by atoms with Gasteiger partial charge in [-0.25, -0.2) is 0 Å². The lowest BCUT2D eigenvalue weighted by atomic mass is 9.58. The lowest BCUT2D eigenvalue weighted by Crippen LogP contribution is -2.73. The van der Waals surface area contributed by atoms with Gasteiger partial charge in [-0.05, 0) is 67.9 Å². The minimum absolute atomic E-state index is 0.0311. The first kappa shape index (κ1) is 23.4. The van der Waals surface area contributed by atoms with Crippen LogP contribution in [0.15, 0.2) is 128 Å². The summed E-state index contributed by atoms with van der Waals surface area (Å²) in [4.78, 5) is 0. The Morgan fingerprint density at radius 3 is 1.93 bits per heavy atom. The summed E-state index contributed by atoms with van der Waals surface area (Å²) >= 11 is 0. The predicted octanol–water partition coefficient (Wildman–Crippen LogP) is 8.13. The van der Waals surface area contributed by atoms with Gasteiger partial charge >= 0.3 is 5.66 Å². The smallest absolute Gasteiger partial charge is 0.125 e. The first-order chi connectivity index (χ1) is 21.5. The van der Waals surface area contributed by atoms with E-state index in [1.165, 1.54) is 83.0 Å². The summed E-state index contributed by atoms with van der Waals surface area (Å²) in [6.07, 6.45) is 4.67. The Balaban J connectivity index is 1.49. The first-order valence-electron chi connectivity index (χ1n) is 15.8. The average molecular weight is 563 g/mol. The van der Waals surface area contributed by atoms with Crippen LogP contribution in [0.25, 0.3) is 44.1 Å². The Hall–Kier alpha value is -5.08. The van der Waals surface area contributed by atoms with Crippen molar-refractivity contribution in [3.63, 3.8) is 0 Å². The number of hydrogen-bond acceptors (Lipinski definition) is 0. The highest BCUT2D eigenvalue weighted by Crippen LogP contribution is 2.66. The number of nitrogens with zero attached hydrogens (tertiary/aromatic N) is 2. The molecule has 11 rings (SSSR count). The van der Waals surface area contributed by atoms with Gasteiger partial charge in [-0.2, -0.15) is 0 Å². The highest BCUT2D eigenvalue weighted by atomic mass is 15.3. The summed E-state index contributed by atoms with van der Waals surface area (Å²) in [5.74, 6) is 0. The minimum Gasteiger partial charge on any atom is -0.125 e. The Morgan fingerprint density at radius 2 is 1.16 bits per heavy atom. The van der Waals surface area contributed by atoms with Crippen molar-refractivity contribution >= 4 is 21.7 Å². The molecule has 44 heavy (non-hydrogen) atoms. The van der Waals surface area contributed by atoms with Crippen LogP contribution in [-0.4, -0.2) is 0 Å². The number of rotatable bonds is 0. The summed E-state index contributed by atoms with van der Waals surface area (Å²) in [7, 11) is 0. The maximum atomic E-state index is 2.62. The maximum absolute atomic E-state index is 2.62.